The summed E-state index contributed by atoms with van der Waals surface area (Å²) in [4.78, 5) is 28.3. The Morgan fingerprint density at radius 3 is 2.41 bits per heavy atom. The Morgan fingerprint density at radius 1 is 1.00 bits per heavy atom. The lowest BCUT2D eigenvalue weighted by molar-refractivity contribution is 0.116. The number of fused-ring (bicyclic) bond motifs is 1. The van der Waals surface area contributed by atoms with Crippen LogP contribution < -0.4 is 15.9 Å². The average molecular weight is 538 g/mol. The van der Waals surface area contributed by atoms with Gasteiger partial charge in [0.1, 0.15) is 5.82 Å². The Balaban J connectivity index is 1.28. The van der Waals surface area contributed by atoms with Crippen molar-refractivity contribution in [2.24, 2.45) is 7.05 Å². The van der Waals surface area contributed by atoms with E-state index in [0.717, 1.165) is 26.2 Å². The summed E-state index contributed by atoms with van der Waals surface area (Å²) in [5, 5.41) is 10.2. The third kappa shape index (κ3) is 4.63. The summed E-state index contributed by atoms with van der Waals surface area (Å²) in [5.74, 6) is -0.798. The molecule has 1 fully saturated rings. The van der Waals surface area contributed by atoms with Crippen molar-refractivity contribution in [2.45, 2.75) is 13.0 Å². The molecule has 1 aromatic carbocycles. The molecule has 0 radical (unpaired) electrons. The van der Waals surface area contributed by atoms with Gasteiger partial charge in [-0.25, -0.2) is 19.2 Å². The number of nitrogens with one attached hydrogen (secondary N) is 1. The molecule has 0 aliphatic carbocycles. The molecule has 0 amide bonds. The summed E-state index contributed by atoms with van der Waals surface area (Å²) in [5.41, 5.74) is 2.20. The van der Waals surface area contributed by atoms with E-state index >= 15 is 4.39 Å². The van der Waals surface area contributed by atoms with Crippen LogP contribution in [0.25, 0.3) is 33.6 Å². The van der Waals surface area contributed by atoms with Gasteiger partial charge in [-0.2, -0.15) is 8.78 Å². The molecule has 39 heavy (non-hydrogen) atoms. The number of alkyl halides is 2. The molecule has 200 valence electrons. The summed E-state index contributed by atoms with van der Waals surface area (Å²) in [7, 11) is 1.61. The van der Waals surface area contributed by atoms with Crippen LogP contribution in [-0.4, -0.2) is 60.5 Å². The number of halogens is 3. The van der Waals surface area contributed by atoms with Crippen LogP contribution in [0.5, 0.6) is 0 Å². The molecule has 1 aliphatic rings. The predicted molar refractivity (Wildman–Crippen MR) is 135 cm³/mol. The second-order valence-electron chi connectivity index (χ2n) is 9.04. The molecule has 0 atom stereocenters. The van der Waals surface area contributed by atoms with Gasteiger partial charge in [0.05, 0.1) is 28.8 Å². The molecule has 11 nitrogen and oxygen atoms in total. The molecule has 0 unspecified atom stereocenters. The first-order chi connectivity index (χ1) is 18.9. The van der Waals surface area contributed by atoms with Crippen molar-refractivity contribution in [2.75, 3.05) is 31.1 Å². The van der Waals surface area contributed by atoms with Crippen LogP contribution in [0.15, 0.2) is 52.1 Å². The van der Waals surface area contributed by atoms with Crippen molar-refractivity contribution in [3.63, 3.8) is 0 Å². The topological polar surface area (TPSA) is 120 Å². The van der Waals surface area contributed by atoms with Crippen molar-refractivity contribution in [1.82, 2.24) is 39.6 Å². The molecule has 14 heteroatoms. The second-order valence-corrected chi connectivity index (χ2v) is 9.04. The highest BCUT2D eigenvalue weighted by molar-refractivity contribution is 5.83. The van der Waals surface area contributed by atoms with E-state index in [2.05, 4.69) is 35.4 Å². The van der Waals surface area contributed by atoms with Gasteiger partial charge in [-0.3, -0.25) is 14.1 Å². The smallest absolute Gasteiger partial charge is 0.329 e. The SMILES string of the molecule is Cn1c(=O)n(Cc2ccc(-c3nnc(C(F)F)o3)cn2)c2cc(F)c(-c3cnc(N4CCNCC4)nc3)cc21. The molecule has 0 bridgehead atoms. The summed E-state index contributed by atoms with van der Waals surface area (Å²) >= 11 is 0. The van der Waals surface area contributed by atoms with Gasteiger partial charge in [-0.05, 0) is 18.2 Å². The van der Waals surface area contributed by atoms with Gasteiger partial charge in [0.25, 0.3) is 5.89 Å². The number of piperazine rings is 1. The lowest BCUT2D eigenvalue weighted by Gasteiger charge is -2.27. The zero-order valence-corrected chi connectivity index (χ0v) is 20.7. The highest BCUT2D eigenvalue weighted by atomic mass is 19.3. The molecule has 5 heterocycles. The van der Waals surface area contributed by atoms with Gasteiger partial charge >= 0.3 is 12.1 Å². The first kappa shape index (κ1) is 24.7. The fourth-order valence-electron chi connectivity index (χ4n) is 4.53. The zero-order valence-electron chi connectivity index (χ0n) is 20.7. The Bertz CT molecular complexity index is 1690. The van der Waals surface area contributed by atoms with Crippen LogP contribution in [0.1, 0.15) is 18.0 Å². The minimum absolute atomic E-state index is 0.0594. The van der Waals surface area contributed by atoms with Crippen LogP contribution in [0.3, 0.4) is 0 Å². The summed E-state index contributed by atoms with van der Waals surface area (Å²) in [6, 6.07) is 6.10. The van der Waals surface area contributed by atoms with Gasteiger partial charge in [-0.15, -0.1) is 10.2 Å². The van der Waals surface area contributed by atoms with Crippen molar-refractivity contribution < 1.29 is 17.6 Å². The van der Waals surface area contributed by atoms with Crippen molar-refractivity contribution >= 4 is 17.0 Å². The van der Waals surface area contributed by atoms with Crippen LogP contribution in [0, 0.1) is 5.82 Å². The van der Waals surface area contributed by atoms with Crippen LogP contribution in [0.2, 0.25) is 0 Å². The fourth-order valence-corrected chi connectivity index (χ4v) is 4.53. The van der Waals surface area contributed by atoms with E-state index in [4.69, 9.17) is 4.42 Å². The van der Waals surface area contributed by atoms with E-state index in [1.807, 2.05) is 0 Å². The largest absolute Gasteiger partial charge is 0.415 e. The lowest BCUT2D eigenvalue weighted by atomic mass is 10.1. The van der Waals surface area contributed by atoms with E-state index in [1.54, 1.807) is 37.6 Å². The number of nitrogens with zero attached hydrogens (tertiary/aromatic N) is 8. The molecule has 5 aromatic rings. The number of hydrogen-bond acceptors (Lipinski definition) is 9. The minimum atomic E-state index is -2.87. The van der Waals surface area contributed by atoms with Gasteiger partial charge in [0, 0.05) is 69.0 Å². The Hall–Kier alpha value is -4.59. The second kappa shape index (κ2) is 9.94. The maximum absolute atomic E-state index is 15.3. The molecule has 4 aromatic heterocycles. The quantitative estimate of drug-likeness (QED) is 0.349. The number of rotatable bonds is 6. The average Bonchev–Trinajstić information content (AvgIpc) is 3.54. The maximum atomic E-state index is 15.3. The van der Waals surface area contributed by atoms with Crippen molar-refractivity contribution in [3.05, 3.63) is 70.7 Å². The summed E-state index contributed by atoms with van der Waals surface area (Å²) < 4.78 is 48.6. The van der Waals surface area contributed by atoms with Gasteiger partial charge < -0.3 is 14.6 Å². The number of aryl methyl sites for hydroxylation is 1. The minimum Gasteiger partial charge on any atom is -0.415 e. The number of pyridine rings is 1. The standard InChI is InChI=1S/C25H22F3N9O2/c1-35-19-8-17(15-11-31-24(32-12-15)36-6-4-29-5-7-36)18(26)9-20(19)37(25(35)38)13-16-3-2-14(10-30-16)22-33-34-23(39-22)21(27)28/h2-3,8-12,21,29H,4-7,13H2,1H3. The van der Waals surface area contributed by atoms with E-state index in [-0.39, 0.29) is 23.7 Å². The van der Waals surface area contributed by atoms with Gasteiger partial charge in [0.15, 0.2) is 0 Å². The maximum Gasteiger partial charge on any atom is 0.329 e. The first-order valence-electron chi connectivity index (χ1n) is 12.1. The molecular weight excluding hydrogens is 515 g/mol. The molecule has 1 aliphatic heterocycles. The highest BCUT2D eigenvalue weighted by Crippen LogP contribution is 2.28. The first-order valence-corrected chi connectivity index (χ1v) is 12.1. The van der Waals surface area contributed by atoms with Crippen molar-refractivity contribution in [3.8, 4) is 22.6 Å². The zero-order chi connectivity index (χ0) is 27.1. The molecule has 0 saturated carbocycles. The predicted octanol–water partition coefficient (Wildman–Crippen LogP) is 2.78. The molecule has 0 spiro atoms. The van der Waals surface area contributed by atoms with Crippen LogP contribution in [0.4, 0.5) is 19.1 Å². The number of hydrogen-bond donors (Lipinski definition) is 1. The molecule has 1 N–H and O–H groups in total. The van der Waals surface area contributed by atoms with Gasteiger partial charge in [-0.1, -0.05) is 0 Å². The van der Waals surface area contributed by atoms with E-state index in [0.29, 0.717) is 33.8 Å². The normalized spacial score (nSPS) is 14.0. The molecular formula is C25H22F3N9O2. The third-order valence-electron chi connectivity index (χ3n) is 6.60. The number of imidazole rings is 1. The number of aromatic nitrogens is 7. The Kier molecular flexibility index (Phi) is 6.30. The van der Waals surface area contributed by atoms with Crippen LogP contribution in [-0.2, 0) is 13.6 Å². The summed E-state index contributed by atoms with van der Waals surface area (Å²) in [6.07, 6.45) is 1.68. The number of benzene rings is 1. The fraction of sp³-hybridized carbons (Fsp3) is 0.280. The highest BCUT2D eigenvalue weighted by Gasteiger charge is 2.19. The van der Waals surface area contributed by atoms with E-state index < -0.39 is 18.1 Å². The number of anilines is 1. The van der Waals surface area contributed by atoms with Crippen molar-refractivity contribution in [1.29, 1.82) is 0 Å². The van der Waals surface area contributed by atoms with E-state index in [9.17, 15) is 13.6 Å². The van der Waals surface area contributed by atoms with Gasteiger partial charge in [0.2, 0.25) is 11.8 Å². The Labute approximate surface area is 219 Å². The summed E-state index contributed by atoms with van der Waals surface area (Å²) in [6.45, 7) is 3.35. The third-order valence-corrected chi connectivity index (χ3v) is 6.60. The van der Waals surface area contributed by atoms with Crippen LogP contribution >= 0.6 is 0 Å². The Morgan fingerprint density at radius 2 is 1.74 bits per heavy atom. The van der Waals surface area contributed by atoms with E-state index in [1.165, 1.54) is 21.4 Å². The molecule has 6 rings (SSSR count). The molecule has 1 saturated heterocycles. The monoisotopic (exact) mass is 537 g/mol. The lowest BCUT2D eigenvalue weighted by Crippen LogP contribution is -2.44.